The molecule has 0 aromatic heterocycles. The van der Waals surface area contributed by atoms with Crippen LogP contribution in [0, 0.1) is 65.1 Å². The van der Waals surface area contributed by atoms with E-state index >= 15 is 0 Å². The highest BCUT2D eigenvalue weighted by Gasteiger charge is 2.57. The van der Waals surface area contributed by atoms with E-state index < -0.39 is 30.1 Å². The molecule has 6 rings (SSSR count). The Hall–Kier alpha value is -0.890. The molecule has 0 aromatic carbocycles. The number of hydrogen-bond acceptors (Lipinski definition) is 10. The Bertz CT molecular complexity index is 979. The topological polar surface area (TPSA) is 151 Å². The van der Waals surface area contributed by atoms with Crippen LogP contribution in [0.15, 0.2) is 0 Å². The maximum Gasteiger partial charge on any atom is 0.237 e. The van der Waals surface area contributed by atoms with Crippen LogP contribution < -0.4 is 11.3 Å². The molecule has 6 fully saturated rings. The molecule has 6 aliphatic rings. The summed E-state index contributed by atoms with van der Waals surface area (Å²) in [5.41, 5.74) is 2.43. The first-order valence-electron chi connectivity index (χ1n) is 17.7. The zero-order valence-corrected chi connectivity index (χ0v) is 28.1. The Morgan fingerprint density at radius 3 is 1.56 bits per heavy atom. The van der Waals surface area contributed by atoms with Crippen molar-refractivity contribution in [1.29, 1.82) is 0 Å². The second-order valence-corrected chi connectivity index (χ2v) is 16.2. The smallest absolute Gasteiger partial charge is 0.237 e. The molecule has 45 heavy (non-hydrogen) atoms. The highest BCUT2D eigenvalue weighted by Crippen LogP contribution is 2.56. The molecule has 11 heteroatoms. The van der Waals surface area contributed by atoms with Gasteiger partial charge in [0.05, 0.1) is 12.2 Å². The van der Waals surface area contributed by atoms with Gasteiger partial charge >= 0.3 is 0 Å². The molecule has 0 spiro atoms. The van der Waals surface area contributed by atoms with E-state index in [1.54, 1.807) is 13.8 Å². The number of hydrogen-bond donors (Lipinski definition) is 4. The van der Waals surface area contributed by atoms with E-state index in [4.69, 9.17) is 34.6 Å². The monoisotopic (exact) mass is 638 g/mol. The minimum Gasteiger partial charge on any atom is -0.349 e. The van der Waals surface area contributed by atoms with Crippen molar-refractivity contribution < 1.29 is 44.0 Å². The Balaban J connectivity index is 1.23. The fourth-order valence-corrected chi connectivity index (χ4v) is 10.8. The van der Waals surface area contributed by atoms with Crippen molar-refractivity contribution in [3.8, 4) is 0 Å². The van der Waals surface area contributed by atoms with Crippen LogP contribution >= 0.6 is 0 Å². The van der Waals surface area contributed by atoms with Crippen molar-refractivity contribution >= 4 is 5.91 Å². The summed E-state index contributed by atoms with van der Waals surface area (Å²) < 4.78 is 26.4. The number of nitrogens with one attached hydrogen (secondary N) is 1. The van der Waals surface area contributed by atoms with E-state index in [0.717, 1.165) is 38.5 Å². The van der Waals surface area contributed by atoms with E-state index in [0.29, 0.717) is 61.2 Å². The molecular formula is C34H58N2O9. The first-order valence-corrected chi connectivity index (χ1v) is 17.7. The van der Waals surface area contributed by atoms with E-state index in [9.17, 15) is 15.3 Å². The zero-order chi connectivity index (χ0) is 32.3. The lowest BCUT2D eigenvalue weighted by Gasteiger charge is -2.53. The van der Waals surface area contributed by atoms with E-state index in [1.807, 2.05) is 0 Å². The summed E-state index contributed by atoms with van der Waals surface area (Å²) in [6, 6.07) is 0. The second kappa shape index (κ2) is 13.2. The van der Waals surface area contributed by atoms with E-state index in [2.05, 4.69) is 33.1 Å². The van der Waals surface area contributed by atoms with Crippen LogP contribution in [0.4, 0.5) is 0 Å². The van der Waals surface area contributed by atoms with Gasteiger partial charge in [0.2, 0.25) is 17.5 Å². The van der Waals surface area contributed by atoms with Gasteiger partial charge in [0.15, 0.2) is 12.6 Å². The Morgan fingerprint density at radius 2 is 1.18 bits per heavy atom. The molecule has 2 saturated carbocycles. The number of carbonyl (C=O) groups is 1. The van der Waals surface area contributed by atoms with Gasteiger partial charge in [-0.1, -0.05) is 40.5 Å². The van der Waals surface area contributed by atoms with Crippen molar-refractivity contribution in [2.24, 2.45) is 70.9 Å². The summed E-state index contributed by atoms with van der Waals surface area (Å²) in [5.74, 6) is 6.45. The first-order chi connectivity index (χ1) is 21.4. The normalized spacial score (nSPS) is 52.0. The number of amides is 1. The molecule has 1 amide bonds. The molecule has 17 atom stereocenters. The number of nitrogens with two attached hydrogens (primary N) is 1. The molecule has 5 N–H and O–H groups in total. The van der Waals surface area contributed by atoms with Gasteiger partial charge in [0.1, 0.15) is 0 Å². The summed E-state index contributed by atoms with van der Waals surface area (Å²) in [7, 11) is 0. The van der Waals surface area contributed by atoms with E-state index in [-0.39, 0.29) is 41.8 Å². The van der Waals surface area contributed by atoms with Gasteiger partial charge in [-0.25, -0.2) is 26.1 Å². The number of hydrazine groups is 1. The summed E-state index contributed by atoms with van der Waals surface area (Å²) in [5, 5.41) is 19.6. The van der Waals surface area contributed by atoms with Crippen molar-refractivity contribution in [3.05, 3.63) is 0 Å². The Labute approximate surface area is 268 Å². The summed E-state index contributed by atoms with van der Waals surface area (Å²) in [6.45, 7) is 12.7. The molecule has 4 saturated heterocycles. The summed E-state index contributed by atoms with van der Waals surface area (Å²) >= 11 is 0. The minimum absolute atomic E-state index is 0.217. The molecule has 2 aliphatic carbocycles. The summed E-state index contributed by atoms with van der Waals surface area (Å²) in [4.78, 5) is 23.2. The van der Waals surface area contributed by atoms with Gasteiger partial charge in [-0.05, 0) is 99.7 Å². The molecule has 4 aliphatic heterocycles. The van der Waals surface area contributed by atoms with Crippen LogP contribution in [0.25, 0.3) is 0 Å². The number of ether oxygens (including phenoxy) is 4. The standard InChI is InChI=1S/C34H58N2O9/c1-17-7-9-24-19(3)26(40-31-28(24)22(17)11-13-33(5,42-31)44-38)15-21(30(37)36-35)16-27-20(4)25-10-8-18(2)23-12-14-34(6,45-39)43-32(41-27)29(23)25/h17-29,31-32,38-39H,7-16,35H2,1-6H3,(H,36,37)/t17-,18-,19-,20-,21?,22?,23?,24+,25?,26-,27?,28?,29-,31-,32-,33-,34-/m1/s1. The SMILES string of the molecule is C[C@H]1C(CC(C[C@H]2O[C@@H]3O[C@](C)(OO)CCC4C3[C@@H](CC[C@H]4C)[C@H]2C)C(=O)NN)O[C@@H]2O[C@](C)(OO)CCC3[C@@H]2C1CC[C@H]3C. The highest BCUT2D eigenvalue weighted by atomic mass is 17.2. The highest BCUT2D eigenvalue weighted by molar-refractivity contribution is 5.78. The van der Waals surface area contributed by atoms with Crippen LogP contribution in [0.3, 0.4) is 0 Å². The van der Waals surface area contributed by atoms with Crippen LogP contribution in [-0.2, 0) is 33.5 Å². The molecule has 4 heterocycles. The van der Waals surface area contributed by atoms with Crippen molar-refractivity contribution in [2.45, 2.75) is 142 Å². The van der Waals surface area contributed by atoms with Crippen molar-refractivity contribution in [3.63, 3.8) is 0 Å². The maximum atomic E-state index is 13.4. The molecule has 258 valence electrons. The first kappa shape index (κ1) is 34.0. The van der Waals surface area contributed by atoms with Crippen LogP contribution in [0.5, 0.6) is 0 Å². The van der Waals surface area contributed by atoms with Gasteiger partial charge in [-0.2, -0.15) is 0 Å². The molecule has 11 nitrogen and oxygen atoms in total. The average molecular weight is 639 g/mol. The van der Waals surface area contributed by atoms with E-state index in [1.165, 1.54) is 0 Å². The van der Waals surface area contributed by atoms with Crippen LogP contribution in [0.1, 0.15) is 106 Å². The maximum absolute atomic E-state index is 13.4. The number of rotatable bonds is 7. The predicted octanol–water partition coefficient (Wildman–Crippen LogP) is 5.68. The van der Waals surface area contributed by atoms with Crippen molar-refractivity contribution in [1.82, 2.24) is 5.43 Å². The third-order valence-corrected chi connectivity index (χ3v) is 13.6. The number of carbonyl (C=O) groups excluding carboxylic acids is 1. The largest absolute Gasteiger partial charge is 0.349 e. The molecular weight excluding hydrogens is 580 g/mol. The van der Waals surface area contributed by atoms with Gasteiger partial charge in [0.25, 0.3) is 0 Å². The lowest BCUT2D eigenvalue weighted by atomic mass is 9.59. The van der Waals surface area contributed by atoms with Gasteiger partial charge < -0.3 is 18.9 Å². The predicted molar refractivity (Wildman–Crippen MR) is 163 cm³/mol. The second-order valence-electron chi connectivity index (χ2n) is 16.2. The fraction of sp³-hybridized carbons (Fsp3) is 0.971. The van der Waals surface area contributed by atoms with Crippen LogP contribution in [-0.4, -0.2) is 52.8 Å². The fourth-order valence-electron chi connectivity index (χ4n) is 10.8. The Kier molecular flexibility index (Phi) is 9.97. The molecule has 0 aromatic rings. The lowest BCUT2D eigenvalue weighted by Crippen LogP contribution is -2.56. The third kappa shape index (κ3) is 6.35. The summed E-state index contributed by atoms with van der Waals surface area (Å²) in [6.07, 6.45) is 6.94. The minimum atomic E-state index is -1.13. The molecule has 0 radical (unpaired) electrons. The molecule has 6 unspecified atom stereocenters. The Morgan fingerprint density at radius 1 is 0.756 bits per heavy atom. The quantitative estimate of drug-likeness (QED) is 0.119. The van der Waals surface area contributed by atoms with Crippen LogP contribution in [0.2, 0.25) is 0 Å². The van der Waals surface area contributed by atoms with Gasteiger partial charge in [0, 0.05) is 30.6 Å². The van der Waals surface area contributed by atoms with Crippen molar-refractivity contribution in [2.75, 3.05) is 0 Å². The molecule has 0 bridgehead atoms. The third-order valence-electron chi connectivity index (χ3n) is 13.6. The lowest BCUT2D eigenvalue weighted by molar-refractivity contribution is -0.436. The average Bonchev–Trinajstić information content (AvgIpc) is 3.28. The van der Waals surface area contributed by atoms with Gasteiger partial charge in [-0.15, -0.1) is 0 Å². The zero-order valence-electron chi connectivity index (χ0n) is 28.1. The van der Waals surface area contributed by atoms with Gasteiger partial charge in [-0.3, -0.25) is 10.2 Å².